The summed E-state index contributed by atoms with van der Waals surface area (Å²) in [5.74, 6) is 0.656. The van der Waals surface area contributed by atoms with Gasteiger partial charge in [0.2, 0.25) is 0 Å². The van der Waals surface area contributed by atoms with Gasteiger partial charge in [-0.3, -0.25) is 0 Å². The van der Waals surface area contributed by atoms with Crippen LogP contribution in [-0.2, 0) is 15.3 Å². The highest BCUT2D eigenvalue weighted by atomic mass is 32.2. The predicted molar refractivity (Wildman–Crippen MR) is 84.0 cm³/mol. The zero-order valence-electron chi connectivity index (χ0n) is 11.1. The lowest BCUT2D eigenvalue weighted by molar-refractivity contribution is -0.137. The number of esters is 1. The molecule has 0 bridgehead atoms. The van der Waals surface area contributed by atoms with Gasteiger partial charge < -0.3 is 4.74 Å². The fourth-order valence-corrected chi connectivity index (χ4v) is 4.43. The second-order valence-corrected chi connectivity index (χ2v) is 6.30. The number of fused-ring (bicyclic) bond motifs is 2. The number of carbonyl (C=O) groups excluding carboxylic acids is 1. The van der Waals surface area contributed by atoms with Crippen molar-refractivity contribution in [2.75, 3.05) is 6.61 Å². The van der Waals surface area contributed by atoms with Gasteiger partial charge in [-0.15, -0.1) is 23.1 Å². The van der Waals surface area contributed by atoms with E-state index < -0.39 is 0 Å². The van der Waals surface area contributed by atoms with E-state index >= 15 is 0 Å². The van der Waals surface area contributed by atoms with Crippen LogP contribution in [0.3, 0.4) is 0 Å². The third-order valence-corrected chi connectivity index (χ3v) is 5.30. The fraction of sp³-hybridized carbons (Fsp3) is 0.188. The van der Waals surface area contributed by atoms with Gasteiger partial charge in [0.15, 0.2) is 0 Å². The molecule has 20 heavy (non-hydrogen) atoms. The molecule has 102 valence electrons. The van der Waals surface area contributed by atoms with Crippen molar-refractivity contribution in [1.29, 1.82) is 0 Å². The van der Waals surface area contributed by atoms with Gasteiger partial charge in [-0.2, -0.15) is 0 Å². The van der Waals surface area contributed by atoms with E-state index in [9.17, 15) is 4.79 Å². The van der Waals surface area contributed by atoms with Crippen LogP contribution in [-0.4, -0.2) is 12.6 Å². The average Bonchev–Trinajstić information content (AvgIpc) is 2.86. The molecule has 0 saturated carbocycles. The third-order valence-electron chi connectivity index (χ3n) is 3.11. The Morgan fingerprint density at radius 1 is 1.35 bits per heavy atom. The minimum Gasteiger partial charge on any atom is -0.463 e. The molecule has 2 aromatic rings. The molecule has 0 radical (unpaired) electrons. The van der Waals surface area contributed by atoms with Gasteiger partial charge >= 0.3 is 5.97 Å². The van der Waals surface area contributed by atoms with Crippen molar-refractivity contribution in [2.24, 2.45) is 0 Å². The first kappa shape index (κ1) is 13.5. The van der Waals surface area contributed by atoms with Crippen molar-refractivity contribution in [3.8, 4) is 0 Å². The second kappa shape index (κ2) is 5.85. The van der Waals surface area contributed by atoms with E-state index in [4.69, 9.17) is 4.74 Å². The van der Waals surface area contributed by atoms with Gasteiger partial charge in [0.1, 0.15) is 0 Å². The largest absolute Gasteiger partial charge is 0.463 e. The molecule has 3 rings (SSSR count). The molecule has 0 amide bonds. The molecule has 0 unspecified atom stereocenters. The van der Waals surface area contributed by atoms with Crippen molar-refractivity contribution in [3.63, 3.8) is 0 Å². The van der Waals surface area contributed by atoms with E-state index in [1.807, 2.05) is 30.8 Å². The summed E-state index contributed by atoms with van der Waals surface area (Å²) in [4.78, 5) is 14.3. The van der Waals surface area contributed by atoms with Crippen LogP contribution in [0.4, 0.5) is 0 Å². The SMILES string of the molecule is CCOC(=O)/C=C1\c2ccccc2CSc2ccsc21. The molecule has 1 aliphatic rings. The molecule has 2 nitrogen and oxygen atoms in total. The number of thioether (sulfide) groups is 1. The summed E-state index contributed by atoms with van der Waals surface area (Å²) in [6, 6.07) is 10.4. The summed E-state index contributed by atoms with van der Waals surface area (Å²) >= 11 is 3.49. The quantitative estimate of drug-likeness (QED) is 0.609. The maximum atomic E-state index is 11.9. The Kier molecular flexibility index (Phi) is 3.94. The fourth-order valence-electron chi connectivity index (χ4n) is 2.24. The highest BCUT2D eigenvalue weighted by Crippen LogP contribution is 2.42. The Bertz CT molecular complexity index is 671. The summed E-state index contributed by atoms with van der Waals surface area (Å²) in [5, 5.41) is 2.07. The van der Waals surface area contributed by atoms with Crippen molar-refractivity contribution in [3.05, 3.63) is 57.8 Å². The van der Waals surface area contributed by atoms with Crippen LogP contribution in [0.1, 0.15) is 22.9 Å². The summed E-state index contributed by atoms with van der Waals surface area (Å²) in [7, 11) is 0. The molecule has 1 aliphatic heterocycles. The lowest BCUT2D eigenvalue weighted by Crippen LogP contribution is -2.02. The van der Waals surface area contributed by atoms with E-state index in [1.165, 1.54) is 10.5 Å². The lowest BCUT2D eigenvalue weighted by Gasteiger charge is -2.08. The van der Waals surface area contributed by atoms with Gasteiger partial charge in [-0.25, -0.2) is 4.79 Å². The average molecular weight is 302 g/mol. The molecule has 1 aromatic heterocycles. The van der Waals surface area contributed by atoms with Gasteiger partial charge in [0.05, 0.1) is 6.61 Å². The molecule has 0 aliphatic carbocycles. The molecule has 0 saturated heterocycles. The Morgan fingerprint density at radius 3 is 3.05 bits per heavy atom. The number of hydrogen-bond acceptors (Lipinski definition) is 4. The minimum atomic E-state index is -0.274. The smallest absolute Gasteiger partial charge is 0.331 e. The molecule has 1 aromatic carbocycles. The number of thiophene rings is 1. The molecule has 0 fully saturated rings. The predicted octanol–water partition coefficient (Wildman–Crippen LogP) is 4.35. The Balaban J connectivity index is 2.15. The molecule has 0 spiro atoms. The van der Waals surface area contributed by atoms with Crippen molar-refractivity contribution < 1.29 is 9.53 Å². The van der Waals surface area contributed by atoms with Crippen LogP contribution in [0.5, 0.6) is 0 Å². The first-order valence-electron chi connectivity index (χ1n) is 6.47. The van der Waals surface area contributed by atoms with Crippen LogP contribution >= 0.6 is 23.1 Å². The standard InChI is InChI=1S/C16H14O2S2/c1-2-18-15(17)9-13-12-6-4-3-5-11(12)10-20-14-7-8-19-16(13)14/h3-9H,2,10H2,1H3/b13-9+. The zero-order valence-corrected chi connectivity index (χ0v) is 12.7. The van der Waals surface area contributed by atoms with E-state index in [2.05, 4.69) is 23.6 Å². The van der Waals surface area contributed by atoms with Crippen LogP contribution < -0.4 is 0 Å². The Morgan fingerprint density at radius 2 is 2.20 bits per heavy atom. The van der Waals surface area contributed by atoms with E-state index in [1.54, 1.807) is 17.4 Å². The normalized spacial score (nSPS) is 15.3. The Labute approximate surface area is 126 Å². The second-order valence-electron chi connectivity index (χ2n) is 4.37. The van der Waals surface area contributed by atoms with Gasteiger partial charge in [0.25, 0.3) is 0 Å². The zero-order chi connectivity index (χ0) is 13.9. The van der Waals surface area contributed by atoms with E-state index in [0.717, 1.165) is 21.8 Å². The van der Waals surface area contributed by atoms with Gasteiger partial charge in [-0.05, 0) is 29.5 Å². The highest BCUT2D eigenvalue weighted by molar-refractivity contribution is 7.98. The summed E-state index contributed by atoms with van der Waals surface area (Å²) in [5.41, 5.74) is 3.37. The van der Waals surface area contributed by atoms with Crippen molar-refractivity contribution >= 4 is 34.6 Å². The molecule has 2 heterocycles. The number of rotatable bonds is 2. The Hall–Kier alpha value is -1.52. The molecular weight excluding hydrogens is 288 g/mol. The summed E-state index contributed by atoms with van der Waals surface area (Å²) in [6.45, 7) is 2.22. The van der Waals surface area contributed by atoms with Crippen LogP contribution in [0.2, 0.25) is 0 Å². The maximum Gasteiger partial charge on any atom is 0.331 e. The van der Waals surface area contributed by atoms with Crippen molar-refractivity contribution in [1.82, 2.24) is 0 Å². The minimum absolute atomic E-state index is 0.274. The summed E-state index contributed by atoms with van der Waals surface area (Å²) < 4.78 is 5.07. The van der Waals surface area contributed by atoms with E-state index in [0.29, 0.717) is 6.61 Å². The first-order valence-corrected chi connectivity index (χ1v) is 8.33. The lowest BCUT2D eigenvalue weighted by atomic mass is 9.99. The third kappa shape index (κ3) is 2.53. The van der Waals surface area contributed by atoms with Crippen molar-refractivity contribution in [2.45, 2.75) is 17.6 Å². The molecule has 0 N–H and O–H groups in total. The highest BCUT2D eigenvalue weighted by Gasteiger charge is 2.20. The maximum absolute atomic E-state index is 11.9. The van der Waals surface area contributed by atoms with Crippen LogP contribution in [0.15, 0.2) is 46.7 Å². The number of ether oxygens (including phenoxy) is 1. The van der Waals surface area contributed by atoms with Crippen LogP contribution in [0.25, 0.3) is 5.57 Å². The number of carbonyl (C=O) groups is 1. The number of hydrogen-bond donors (Lipinski definition) is 0. The van der Waals surface area contributed by atoms with Crippen LogP contribution in [0, 0.1) is 0 Å². The van der Waals surface area contributed by atoms with E-state index in [-0.39, 0.29) is 5.97 Å². The van der Waals surface area contributed by atoms with Gasteiger partial charge in [0, 0.05) is 27.2 Å². The monoisotopic (exact) mass is 302 g/mol. The molecule has 0 atom stereocenters. The van der Waals surface area contributed by atoms with Gasteiger partial charge in [-0.1, -0.05) is 24.3 Å². The number of benzene rings is 1. The summed E-state index contributed by atoms with van der Waals surface area (Å²) in [6.07, 6.45) is 1.63. The molecule has 4 heteroatoms. The first-order chi connectivity index (χ1) is 9.79. The molecular formula is C16H14O2S2. The topological polar surface area (TPSA) is 26.3 Å².